The smallest absolute Gasteiger partial charge is 0.335 e. The third kappa shape index (κ3) is 3.23. The van der Waals surface area contributed by atoms with Crippen LogP contribution in [0.5, 0.6) is 0 Å². The molecule has 29 heavy (non-hydrogen) atoms. The number of benzene rings is 2. The Balaban J connectivity index is 1.59. The van der Waals surface area contributed by atoms with Crippen molar-refractivity contribution in [1.82, 2.24) is 4.98 Å². The molecule has 8 nitrogen and oxygen atoms in total. The van der Waals surface area contributed by atoms with Crippen LogP contribution in [0.25, 0.3) is 0 Å². The third-order valence-electron chi connectivity index (χ3n) is 4.42. The second kappa shape index (κ2) is 7.01. The largest absolute Gasteiger partial charge is 0.478 e. The highest BCUT2D eigenvalue weighted by Gasteiger charge is 2.37. The maximum absolute atomic E-state index is 12.7. The second-order valence-electron chi connectivity index (χ2n) is 6.23. The van der Waals surface area contributed by atoms with E-state index in [9.17, 15) is 19.2 Å². The average Bonchev–Trinajstić information content (AvgIpc) is 2.99. The summed E-state index contributed by atoms with van der Waals surface area (Å²) in [6, 6.07) is 14.8. The summed E-state index contributed by atoms with van der Waals surface area (Å²) in [5.74, 6) is -2.40. The van der Waals surface area contributed by atoms with E-state index in [-0.39, 0.29) is 28.1 Å². The zero-order chi connectivity index (χ0) is 20.5. The number of nitrogens with zero attached hydrogens (tertiary/aromatic N) is 2. The molecule has 3 amide bonds. The van der Waals surface area contributed by atoms with Crippen LogP contribution in [0.2, 0.25) is 0 Å². The summed E-state index contributed by atoms with van der Waals surface area (Å²) in [5, 5.41) is 11.6. The van der Waals surface area contributed by atoms with Crippen LogP contribution in [0.4, 0.5) is 11.5 Å². The van der Waals surface area contributed by atoms with E-state index < -0.39 is 23.7 Å². The van der Waals surface area contributed by atoms with Crippen molar-refractivity contribution in [3.8, 4) is 0 Å². The summed E-state index contributed by atoms with van der Waals surface area (Å²) in [4.78, 5) is 53.7. The number of aromatic nitrogens is 1. The molecule has 8 heteroatoms. The Morgan fingerprint density at radius 3 is 2.21 bits per heavy atom. The molecule has 1 aliphatic heterocycles. The lowest BCUT2D eigenvalue weighted by Crippen LogP contribution is -2.30. The SMILES string of the molecule is O=C(O)c1ccc(NC(=O)c2ccc3c(c2)C(=O)N(c2ccccn2)C3=O)cc1. The van der Waals surface area contributed by atoms with Gasteiger partial charge in [-0.2, -0.15) is 0 Å². The lowest BCUT2D eigenvalue weighted by molar-refractivity contribution is 0.0696. The Morgan fingerprint density at radius 2 is 1.55 bits per heavy atom. The number of amides is 3. The van der Waals surface area contributed by atoms with Crippen molar-refractivity contribution in [2.45, 2.75) is 0 Å². The molecule has 0 spiro atoms. The van der Waals surface area contributed by atoms with E-state index >= 15 is 0 Å². The number of hydrogen-bond donors (Lipinski definition) is 2. The van der Waals surface area contributed by atoms with E-state index in [2.05, 4.69) is 10.3 Å². The Labute approximate surface area is 164 Å². The van der Waals surface area contributed by atoms with Crippen molar-refractivity contribution in [2.24, 2.45) is 0 Å². The number of anilines is 2. The number of pyridine rings is 1. The van der Waals surface area contributed by atoms with Crippen LogP contribution in [-0.2, 0) is 0 Å². The van der Waals surface area contributed by atoms with Crippen LogP contribution >= 0.6 is 0 Å². The molecule has 4 rings (SSSR count). The molecular weight excluding hydrogens is 374 g/mol. The number of hydrogen-bond acceptors (Lipinski definition) is 5. The van der Waals surface area contributed by atoms with Crippen molar-refractivity contribution < 1.29 is 24.3 Å². The predicted octanol–water partition coefficient (Wildman–Crippen LogP) is 2.83. The molecule has 0 unspecified atom stereocenters. The fourth-order valence-corrected chi connectivity index (χ4v) is 2.98. The molecule has 3 aromatic rings. The molecule has 142 valence electrons. The van der Waals surface area contributed by atoms with Crippen LogP contribution in [0.15, 0.2) is 66.9 Å². The van der Waals surface area contributed by atoms with Crippen LogP contribution < -0.4 is 10.2 Å². The zero-order valence-corrected chi connectivity index (χ0v) is 14.8. The van der Waals surface area contributed by atoms with Gasteiger partial charge in [0.15, 0.2) is 0 Å². The molecule has 0 aliphatic carbocycles. The number of carboxylic acid groups (broad SMARTS) is 1. The molecule has 0 fully saturated rings. The van der Waals surface area contributed by atoms with Gasteiger partial charge in [0.2, 0.25) is 0 Å². The Hall–Kier alpha value is -4.33. The number of rotatable bonds is 4. The minimum atomic E-state index is -1.07. The standard InChI is InChI=1S/C21H13N3O5/c25-18(23-14-7-4-12(5-8-14)21(28)29)13-6-9-15-16(11-13)20(27)24(19(15)26)17-3-1-2-10-22-17/h1-11H,(H,23,25)(H,28,29). The summed E-state index contributed by atoms with van der Waals surface area (Å²) >= 11 is 0. The van der Waals surface area contributed by atoms with E-state index in [0.29, 0.717) is 5.69 Å². The summed E-state index contributed by atoms with van der Waals surface area (Å²) in [6.45, 7) is 0. The first-order chi connectivity index (χ1) is 14.0. The lowest BCUT2D eigenvalue weighted by Gasteiger charge is -2.11. The summed E-state index contributed by atoms with van der Waals surface area (Å²) in [6.07, 6.45) is 1.48. The number of carbonyl (C=O) groups excluding carboxylic acids is 3. The van der Waals surface area contributed by atoms with Crippen molar-refractivity contribution in [2.75, 3.05) is 10.2 Å². The fraction of sp³-hybridized carbons (Fsp3) is 0. The topological polar surface area (TPSA) is 117 Å². The molecule has 0 radical (unpaired) electrons. The van der Waals surface area contributed by atoms with Crippen molar-refractivity contribution in [3.63, 3.8) is 0 Å². The Morgan fingerprint density at radius 1 is 0.862 bits per heavy atom. The van der Waals surface area contributed by atoms with Gasteiger partial charge in [0.1, 0.15) is 5.82 Å². The molecule has 0 saturated heterocycles. The molecule has 2 N–H and O–H groups in total. The molecule has 1 aromatic heterocycles. The first-order valence-corrected chi connectivity index (χ1v) is 8.54. The van der Waals surface area contributed by atoms with Gasteiger partial charge < -0.3 is 10.4 Å². The van der Waals surface area contributed by atoms with Gasteiger partial charge in [-0.3, -0.25) is 14.4 Å². The maximum atomic E-state index is 12.7. The van der Waals surface area contributed by atoms with E-state index in [0.717, 1.165) is 4.90 Å². The maximum Gasteiger partial charge on any atom is 0.335 e. The highest BCUT2D eigenvalue weighted by molar-refractivity contribution is 6.34. The van der Waals surface area contributed by atoms with Crippen LogP contribution in [0, 0.1) is 0 Å². The summed E-state index contributed by atoms with van der Waals surface area (Å²) < 4.78 is 0. The van der Waals surface area contributed by atoms with Gasteiger partial charge in [-0.15, -0.1) is 0 Å². The monoisotopic (exact) mass is 387 g/mol. The van der Waals surface area contributed by atoms with Gasteiger partial charge in [0.05, 0.1) is 16.7 Å². The highest BCUT2D eigenvalue weighted by atomic mass is 16.4. The highest BCUT2D eigenvalue weighted by Crippen LogP contribution is 2.28. The molecule has 0 bridgehead atoms. The number of imide groups is 1. The van der Waals surface area contributed by atoms with E-state index in [1.807, 2.05) is 0 Å². The average molecular weight is 387 g/mol. The van der Waals surface area contributed by atoms with Gasteiger partial charge in [0.25, 0.3) is 17.7 Å². The van der Waals surface area contributed by atoms with E-state index in [1.165, 1.54) is 48.7 Å². The van der Waals surface area contributed by atoms with E-state index in [4.69, 9.17) is 5.11 Å². The minimum absolute atomic E-state index is 0.0965. The van der Waals surface area contributed by atoms with E-state index in [1.54, 1.807) is 18.2 Å². The lowest BCUT2D eigenvalue weighted by atomic mass is 10.1. The molecule has 0 saturated carbocycles. The Bertz CT molecular complexity index is 1160. The second-order valence-corrected chi connectivity index (χ2v) is 6.23. The minimum Gasteiger partial charge on any atom is -0.478 e. The van der Waals surface area contributed by atoms with Crippen molar-refractivity contribution in [1.29, 1.82) is 0 Å². The van der Waals surface area contributed by atoms with Crippen molar-refractivity contribution >= 4 is 35.2 Å². The number of carboxylic acids is 1. The van der Waals surface area contributed by atoms with Crippen LogP contribution in [0.1, 0.15) is 41.4 Å². The van der Waals surface area contributed by atoms with Gasteiger partial charge in [-0.05, 0) is 54.6 Å². The normalized spacial score (nSPS) is 12.6. The zero-order valence-electron chi connectivity index (χ0n) is 14.8. The van der Waals surface area contributed by atoms with Gasteiger partial charge in [-0.25, -0.2) is 14.7 Å². The first-order valence-electron chi connectivity index (χ1n) is 8.54. The number of fused-ring (bicyclic) bond motifs is 1. The quantitative estimate of drug-likeness (QED) is 0.665. The van der Waals surface area contributed by atoms with Crippen LogP contribution in [0.3, 0.4) is 0 Å². The van der Waals surface area contributed by atoms with Gasteiger partial charge in [0, 0.05) is 17.4 Å². The summed E-state index contributed by atoms with van der Waals surface area (Å²) in [7, 11) is 0. The van der Waals surface area contributed by atoms with Crippen LogP contribution in [-0.4, -0.2) is 33.8 Å². The molecule has 2 aromatic carbocycles. The van der Waals surface area contributed by atoms with Crippen molar-refractivity contribution in [3.05, 3.63) is 89.1 Å². The van der Waals surface area contributed by atoms with Gasteiger partial charge in [-0.1, -0.05) is 6.07 Å². The Kier molecular flexibility index (Phi) is 4.36. The summed E-state index contributed by atoms with van der Waals surface area (Å²) in [5.41, 5.74) is 1.00. The molecular formula is C21H13N3O5. The first kappa shape index (κ1) is 18.1. The molecule has 1 aliphatic rings. The van der Waals surface area contributed by atoms with Gasteiger partial charge >= 0.3 is 5.97 Å². The molecule has 2 heterocycles. The number of carbonyl (C=O) groups is 4. The number of nitrogens with one attached hydrogen (secondary N) is 1. The fourth-order valence-electron chi connectivity index (χ4n) is 2.98. The third-order valence-corrected chi connectivity index (χ3v) is 4.42. The predicted molar refractivity (Wildman–Crippen MR) is 103 cm³/mol. The molecule has 0 atom stereocenters. The number of aromatic carboxylic acids is 1.